The third-order valence-corrected chi connectivity index (χ3v) is 7.38. The Bertz CT molecular complexity index is 1760. The number of hydrogen-bond donors (Lipinski definition) is 4. The van der Waals surface area contributed by atoms with Crippen molar-refractivity contribution in [2.75, 3.05) is 30.0 Å². The number of phenolic OH excluding ortho intramolecular Hbond substituents is 1. The highest BCUT2D eigenvalue weighted by atomic mass is 32.2. The largest absolute Gasteiger partial charge is 0.505 e. The fourth-order valence-electron chi connectivity index (χ4n) is 4.17. The summed E-state index contributed by atoms with van der Waals surface area (Å²) in [6, 6.07) is 6.38. The summed E-state index contributed by atoms with van der Waals surface area (Å²) in [5, 5.41) is 21.6. The Hall–Kier alpha value is -4.47. The maximum atomic E-state index is 14.9. The number of anilines is 2. The second-order valence-electron chi connectivity index (χ2n) is 9.00. The van der Waals surface area contributed by atoms with Gasteiger partial charge in [-0.05, 0) is 35.9 Å². The second kappa shape index (κ2) is 10.8. The number of carbonyl (C=O) groups is 1. The number of nitrogens with one attached hydrogen (secondary N) is 3. The Kier molecular flexibility index (Phi) is 7.80. The van der Waals surface area contributed by atoms with Crippen molar-refractivity contribution in [2.45, 2.75) is 19.1 Å². The summed E-state index contributed by atoms with van der Waals surface area (Å²) in [7, 11) is -1.22. The van der Waals surface area contributed by atoms with E-state index in [4.69, 9.17) is 0 Å². The van der Waals surface area contributed by atoms with Crippen molar-refractivity contribution in [3.05, 3.63) is 64.9 Å². The van der Waals surface area contributed by atoms with Gasteiger partial charge in [0.1, 0.15) is 11.6 Å². The molecule has 0 spiro atoms. The monoisotopic (exact) mass is 598 g/mol. The van der Waals surface area contributed by atoms with Crippen LogP contribution in [0.1, 0.15) is 21.6 Å². The van der Waals surface area contributed by atoms with Crippen LogP contribution in [-0.4, -0.2) is 61.1 Å². The highest BCUT2D eigenvalue weighted by molar-refractivity contribution is 7.92. The van der Waals surface area contributed by atoms with Gasteiger partial charge in [-0.1, -0.05) is 6.07 Å². The van der Waals surface area contributed by atoms with Crippen molar-refractivity contribution in [1.29, 1.82) is 0 Å². The molecule has 2 aromatic carbocycles. The Morgan fingerprint density at radius 3 is 2.49 bits per heavy atom. The summed E-state index contributed by atoms with van der Waals surface area (Å²) in [5.41, 5.74) is -1.11. The van der Waals surface area contributed by atoms with Crippen LogP contribution < -0.4 is 14.9 Å². The highest BCUT2D eigenvalue weighted by Crippen LogP contribution is 2.36. The van der Waals surface area contributed by atoms with E-state index in [0.717, 1.165) is 16.6 Å². The number of alkyl halides is 3. The Morgan fingerprint density at radius 1 is 1.15 bits per heavy atom. The lowest BCUT2D eigenvalue weighted by Gasteiger charge is -2.21. The first-order valence-electron chi connectivity index (χ1n) is 11.8. The molecule has 0 aliphatic carbocycles. The lowest BCUT2D eigenvalue weighted by molar-refractivity contribution is -0.127. The summed E-state index contributed by atoms with van der Waals surface area (Å²) >= 11 is 0. The molecule has 4 aromatic rings. The number of pyridine rings is 1. The topological polar surface area (TPSA) is 140 Å². The second-order valence-corrected chi connectivity index (χ2v) is 11.0. The minimum absolute atomic E-state index is 0.000754. The summed E-state index contributed by atoms with van der Waals surface area (Å²) < 4.78 is 94.3. The molecule has 0 saturated heterocycles. The molecule has 0 bridgehead atoms. The van der Waals surface area contributed by atoms with Crippen LogP contribution in [0.4, 0.5) is 33.5 Å². The quantitative estimate of drug-likeness (QED) is 0.224. The minimum atomic E-state index is -4.71. The molecule has 0 atom stereocenters. The lowest BCUT2D eigenvalue weighted by atomic mass is 9.99. The number of nitrogens with zero attached hydrogens (tertiary/aromatic N) is 3. The number of hydrogen-bond acceptors (Lipinski definition) is 7. The number of fused-ring (bicyclic) bond motifs is 1. The van der Waals surface area contributed by atoms with Crippen molar-refractivity contribution >= 4 is 38.3 Å². The fraction of sp³-hybridized carbons (Fsp3) is 0.240. The average Bonchev–Trinajstić information content (AvgIpc) is 3.31. The summed E-state index contributed by atoms with van der Waals surface area (Å²) in [6.45, 7) is -0.384. The molecule has 2 aromatic heterocycles. The number of aromatic amines is 1. The first-order valence-corrected chi connectivity index (χ1v) is 13.6. The van der Waals surface area contributed by atoms with E-state index in [-0.39, 0.29) is 51.5 Å². The van der Waals surface area contributed by atoms with Gasteiger partial charge in [0.25, 0.3) is 5.91 Å². The molecule has 0 fully saturated rings. The smallest absolute Gasteiger partial charge is 0.393 e. The third kappa shape index (κ3) is 6.16. The van der Waals surface area contributed by atoms with Gasteiger partial charge in [0.05, 0.1) is 35.0 Å². The number of carbonyl (C=O) groups excluding carboxylic acids is 1. The van der Waals surface area contributed by atoms with Gasteiger partial charge in [-0.2, -0.15) is 18.3 Å². The summed E-state index contributed by atoms with van der Waals surface area (Å²) in [5.74, 6) is -3.75. The molecule has 0 aliphatic rings. The van der Waals surface area contributed by atoms with Crippen molar-refractivity contribution in [3.8, 4) is 17.0 Å². The molecule has 0 unspecified atom stereocenters. The van der Waals surface area contributed by atoms with Crippen LogP contribution in [0.2, 0.25) is 0 Å². The van der Waals surface area contributed by atoms with Crippen LogP contribution in [0.25, 0.3) is 22.2 Å². The molecular formula is C25H23F5N6O4S. The highest BCUT2D eigenvalue weighted by Gasteiger charge is 2.31. The number of phenols is 1. The van der Waals surface area contributed by atoms with Gasteiger partial charge >= 0.3 is 6.18 Å². The SMILES string of the molecule is CNC(=O)c1n[nH]c2cc(-c3cc(F)c(O)cc3CC(F)(F)F)nc(NCc3c(F)cccc3N(C)S(C)(=O)=O)c12. The first kappa shape index (κ1) is 29.5. The lowest BCUT2D eigenvalue weighted by Crippen LogP contribution is -2.26. The van der Waals surface area contributed by atoms with Crippen molar-refractivity contribution < 1.29 is 40.3 Å². The summed E-state index contributed by atoms with van der Waals surface area (Å²) in [4.78, 5) is 16.8. The van der Waals surface area contributed by atoms with E-state index in [1.807, 2.05) is 0 Å². The van der Waals surface area contributed by atoms with Gasteiger partial charge in [0.15, 0.2) is 17.3 Å². The molecule has 218 valence electrons. The van der Waals surface area contributed by atoms with Crippen molar-refractivity contribution in [3.63, 3.8) is 0 Å². The molecule has 0 radical (unpaired) electrons. The molecule has 0 saturated carbocycles. The van der Waals surface area contributed by atoms with Crippen LogP contribution in [0.15, 0.2) is 36.4 Å². The van der Waals surface area contributed by atoms with Crippen molar-refractivity contribution in [2.24, 2.45) is 0 Å². The molecule has 4 N–H and O–H groups in total. The maximum absolute atomic E-state index is 14.9. The van der Waals surface area contributed by atoms with Crippen LogP contribution in [0, 0.1) is 11.6 Å². The van der Waals surface area contributed by atoms with E-state index in [2.05, 4.69) is 25.8 Å². The standard InChI is InChI=1S/C25H23F5N6O4S/c1-31-24(38)22-21-18(34-35-22)9-17(13-8-16(27)20(37)7-12(13)10-25(28,29)30)33-23(21)32-11-14-15(26)5-4-6-19(14)36(2)41(3,39)40/h4-9,37H,10-11H2,1-3H3,(H,31,38)(H,32,33)(H,34,35). The zero-order chi connectivity index (χ0) is 30.3. The predicted octanol–water partition coefficient (Wildman–Crippen LogP) is 4.08. The van der Waals surface area contributed by atoms with E-state index in [1.165, 1.54) is 32.3 Å². The Labute approximate surface area is 230 Å². The Balaban J connectivity index is 1.90. The number of aromatic nitrogens is 3. The van der Waals surface area contributed by atoms with Crippen molar-refractivity contribution in [1.82, 2.24) is 20.5 Å². The van der Waals surface area contributed by atoms with E-state index in [0.29, 0.717) is 12.1 Å². The van der Waals surface area contributed by atoms with Gasteiger partial charge in [-0.25, -0.2) is 22.2 Å². The van der Waals surface area contributed by atoms with Gasteiger partial charge in [-0.3, -0.25) is 14.2 Å². The molecule has 10 nitrogen and oxygen atoms in total. The van der Waals surface area contributed by atoms with E-state index < -0.39 is 51.5 Å². The maximum Gasteiger partial charge on any atom is 0.393 e. The number of halogens is 5. The van der Waals surface area contributed by atoms with E-state index >= 15 is 0 Å². The van der Waals surface area contributed by atoms with Gasteiger partial charge < -0.3 is 15.7 Å². The van der Waals surface area contributed by atoms with Gasteiger partial charge in [0, 0.05) is 31.8 Å². The first-order chi connectivity index (χ1) is 19.1. The van der Waals surface area contributed by atoms with Crippen LogP contribution in [0.5, 0.6) is 5.75 Å². The zero-order valence-electron chi connectivity index (χ0n) is 21.7. The van der Waals surface area contributed by atoms with E-state index in [1.54, 1.807) is 0 Å². The molecular weight excluding hydrogens is 575 g/mol. The molecule has 1 amide bonds. The van der Waals surface area contributed by atoms with E-state index in [9.17, 15) is 40.3 Å². The molecule has 4 rings (SSSR count). The predicted molar refractivity (Wildman–Crippen MR) is 141 cm³/mol. The molecule has 0 aliphatic heterocycles. The number of H-pyrrole nitrogens is 1. The number of amides is 1. The third-order valence-electron chi connectivity index (χ3n) is 6.19. The van der Waals surface area contributed by atoms with Gasteiger partial charge in [0.2, 0.25) is 10.0 Å². The van der Waals surface area contributed by atoms with Crippen LogP contribution in [0.3, 0.4) is 0 Å². The van der Waals surface area contributed by atoms with Crippen LogP contribution in [-0.2, 0) is 23.0 Å². The summed E-state index contributed by atoms with van der Waals surface area (Å²) in [6.07, 6.45) is -5.29. The van der Waals surface area contributed by atoms with Crippen LogP contribution >= 0.6 is 0 Å². The number of benzene rings is 2. The molecule has 16 heteroatoms. The molecule has 41 heavy (non-hydrogen) atoms. The number of aromatic hydroxyl groups is 1. The number of rotatable bonds is 8. The zero-order valence-corrected chi connectivity index (χ0v) is 22.5. The number of sulfonamides is 1. The molecule has 2 heterocycles. The average molecular weight is 599 g/mol. The normalized spacial score (nSPS) is 12.0. The Morgan fingerprint density at radius 2 is 1.85 bits per heavy atom. The van der Waals surface area contributed by atoms with Gasteiger partial charge in [-0.15, -0.1) is 0 Å². The fourth-order valence-corrected chi connectivity index (χ4v) is 4.70. The minimum Gasteiger partial charge on any atom is -0.505 e.